The van der Waals surface area contributed by atoms with Crippen molar-refractivity contribution in [2.45, 2.75) is 221 Å². The molecule has 0 radical (unpaired) electrons. The van der Waals surface area contributed by atoms with E-state index in [4.69, 9.17) is 42.6 Å². The van der Waals surface area contributed by atoms with Gasteiger partial charge in [0, 0.05) is 12.3 Å². The summed E-state index contributed by atoms with van der Waals surface area (Å²) >= 11 is 0. The van der Waals surface area contributed by atoms with Crippen LogP contribution < -0.4 is 0 Å². The molecule has 5 saturated heterocycles. The predicted octanol–water partition coefficient (Wildman–Crippen LogP) is -2.68. The topological polar surface area (TPSA) is 346 Å². The molecule has 71 heavy (non-hydrogen) atoms. The van der Waals surface area contributed by atoms with Gasteiger partial charge < -0.3 is 109 Å². The van der Waals surface area contributed by atoms with Gasteiger partial charge in [-0.15, -0.1) is 0 Å². The highest BCUT2D eigenvalue weighted by Crippen LogP contribution is 2.71. The predicted molar refractivity (Wildman–Crippen MR) is 240 cm³/mol. The van der Waals surface area contributed by atoms with Crippen molar-refractivity contribution < 1.29 is 109 Å². The van der Waals surface area contributed by atoms with Crippen molar-refractivity contribution in [1.29, 1.82) is 0 Å². The minimum absolute atomic E-state index is 0.0152. The van der Waals surface area contributed by atoms with Crippen LogP contribution >= 0.6 is 0 Å². The lowest BCUT2D eigenvalue weighted by Crippen LogP contribution is -2.64. The first-order valence-corrected chi connectivity index (χ1v) is 26.2. The molecule has 13 N–H and O–H groups in total. The Labute approximate surface area is 414 Å². The minimum Gasteiger partial charge on any atom is -0.394 e. The van der Waals surface area contributed by atoms with Gasteiger partial charge in [0.2, 0.25) is 0 Å². The van der Waals surface area contributed by atoms with Crippen LogP contribution in [-0.2, 0) is 42.6 Å². The van der Waals surface area contributed by atoms with Crippen molar-refractivity contribution in [3.63, 3.8) is 0 Å². The lowest BCUT2D eigenvalue weighted by atomic mass is 9.44. The summed E-state index contributed by atoms with van der Waals surface area (Å²) in [7, 11) is 0. The monoisotopic (exact) mass is 1020 g/mol. The number of rotatable bonds is 14. The van der Waals surface area contributed by atoms with E-state index in [9.17, 15) is 66.4 Å². The molecular formula is C49H82O22. The van der Waals surface area contributed by atoms with E-state index < -0.39 is 130 Å². The molecule has 410 valence electrons. The molecule has 4 aliphatic carbocycles. The fourth-order valence-electron chi connectivity index (χ4n) is 15.0. The second kappa shape index (κ2) is 21.5. The van der Waals surface area contributed by atoms with Crippen LogP contribution in [0.2, 0.25) is 0 Å². The Morgan fingerprint density at radius 2 is 1.25 bits per heavy atom. The van der Waals surface area contributed by atoms with E-state index >= 15 is 0 Å². The van der Waals surface area contributed by atoms with Crippen LogP contribution in [0.5, 0.6) is 0 Å². The highest BCUT2D eigenvalue weighted by atomic mass is 16.8. The van der Waals surface area contributed by atoms with Crippen LogP contribution in [0.15, 0.2) is 0 Å². The van der Waals surface area contributed by atoms with Crippen molar-refractivity contribution >= 4 is 0 Å². The van der Waals surface area contributed by atoms with E-state index in [-0.39, 0.29) is 60.6 Å². The van der Waals surface area contributed by atoms with Crippen LogP contribution in [0.4, 0.5) is 0 Å². The zero-order valence-electron chi connectivity index (χ0n) is 41.2. The lowest BCUT2D eigenvalue weighted by molar-refractivity contribution is -0.362. The molecular weight excluding hydrogens is 941 g/mol. The standard InChI is InChI=1S/C49H82O22/c1-20(16-63-44-40(60)36(56)35(55)30(15-50)68-44)7-12-49(62)21(2)32-29(71-49)14-26-24-6-5-22-13-23(8-10-47(22,3)25(24)9-11-48(26,32)4)67-46-41(61)37(57)42(70-45-39(59)34(54)28(52)18-65-45)31(69-46)19-66-43-38(58)33(53)27(51)17-64-43/h20-46,50-62H,5-19H2,1-4H3/t20-,21-,22+,23-,24+,25-,26-,27-,28+,29-,30+,31+,32-,33-,34-,35+,36-,37+,38+,39+,40+,41+,42+,43-,44+,45-,46+,47-,48-,49+/m0/s1. The third-order valence-corrected chi connectivity index (χ3v) is 19.3. The molecule has 0 aromatic heterocycles. The summed E-state index contributed by atoms with van der Waals surface area (Å²) in [6.45, 7) is 7.39. The van der Waals surface area contributed by atoms with Crippen LogP contribution in [0.3, 0.4) is 0 Å². The lowest BCUT2D eigenvalue weighted by Gasteiger charge is -2.61. The molecule has 4 saturated carbocycles. The summed E-state index contributed by atoms with van der Waals surface area (Å²) in [4.78, 5) is 0. The number of hydrogen-bond donors (Lipinski definition) is 13. The van der Waals surface area contributed by atoms with Gasteiger partial charge in [0.25, 0.3) is 0 Å². The van der Waals surface area contributed by atoms with E-state index in [0.717, 1.165) is 38.5 Å². The van der Waals surface area contributed by atoms with Gasteiger partial charge in [-0.25, -0.2) is 0 Å². The molecule has 9 fully saturated rings. The molecule has 0 amide bonds. The van der Waals surface area contributed by atoms with Crippen LogP contribution in [0.25, 0.3) is 0 Å². The van der Waals surface area contributed by atoms with Gasteiger partial charge in [-0.1, -0.05) is 27.7 Å². The fourth-order valence-corrected chi connectivity index (χ4v) is 15.0. The van der Waals surface area contributed by atoms with Gasteiger partial charge in [-0.05, 0) is 104 Å². The minimum atomic E-state index is -1.72. The van der Waals surface area contributed by atoms with Crippen molar-refractivity contribution in [3.8, 4) is 0 Å². The van der Waals surface area contributed by atoms with Gasteiger partial charge >= 0.3 is 0 Å². The molecule has 22 heteroatoms. The van der Waals surface area contributed by atoms with Crippen LogP contribution in [0, 0.1) is 52.3 Å². The first kappa shape index (κ1) is 54.9. The van der Waals surface area contributed by atoms with Crippen molar-refractivity contribution in [1.82, 2.24) is 0 Å². The molecule has 0 spiro atoms. The molecule has 30 atom stereocenters. The van der Waals surface area contributed by atoms with E-state index in [1.807, 2.05) is 6.92 Å². The zero-order chi connectivity index (χ0) is 51.1. The summed E-state index contributed by atoms with van der Waals surface area (Å²) < 4.78 is 53.3. The molecule has 5 heterocycles. The SMILES string of the molecule is C[C@@H](CC[C@@]1(O)O[C@H]2C[C@H]3[C@@H]4CC[C@@H]5C[C@@H](O[C@@H]6O[C@H](CO[C@@H]7OC[C@H](O)[C@H](O)[C@H]7O)[C@@H](O[C@@H]7OC[C@@H](O)[C@H](O)[C@H]7O)[C@H](O)[C@H]6O)CC[C@]5(C)[C@H]4CC[C@]3(C)[C@H]2[C@@H]1C)CO[C@@H]1O[C@H](CO)[C@@H](O)[C@H](O)[C@H]1O. The van der Waals surface area contributed by atoms with E-state index in [0.29, 0.717) is 49.4 Å². The summed E-state index contributed by atoms with van der Waals surface area (Å²) in [6, 6.07) is 0. The van der Waals surface area contributed by atoms with E-state index in [2.05, 4.69) is 20.8 Å². The Morgan fingerprint density at radius 3 is 1.96 bits per heavy atom. The van der Waals surface area contributed by atoms with Crippen molar-refractivity contribution in [2.75, 3.05) is 33.0 Å². The normalized spacial score (nSPS) is 55.7. The Balaban J connectivity index is 0.798. The third kappa shape index (κ3) is 10.2. The van der Waals surface area contributed by atoms with Gasteiger partial charge in [-0.2, -0.15) is 0 Å². The van der Waals surface area contributed by atoms with Gasteiger partial charge in [0.05, 0.1) is 45.2 Å². The van der Waals surface area contributed by atoms with E-state index in [1.165, 1.54) is 0 Å². The number of fused-ring (bicyclic) bond motifs is 7. The fraction of sp³-hybridized carbons (Fsp3) is 1.00. The molecule has 22 nitrogen and oxygen atoms in total. The highest BCUT2D eigenvalue weighted by molar-refractivity contribution is 5.15. The molecule has 0 unspecified atom stereocenters. The molecule has 9 aliphatic rings. The smallest absolute Gasteiger partial charge is 0.186 e. The van der Waals surface area contributed by atoms with E-state index in [1.54, 1.807) is 0 Å². The molecule has 5 aliphatic heterocycles. The first-order valence-electron chi connectivity index (χ1n) is 26.2. The summed E-state index contributed by atoms with van der Waals surface area (Å²) in [5, 5.41) is 137. The maximum Gasteiger partial charge on any atom is 0.186 e. The van der Waals surface area contributed by atoms with Crippen LogP contribution in [0.1, 0.15) is 91.9 Å². The Morgan fingerprint density at radius 1 is 0.620 bits per heavy atom. The molecule has 9 rings (SSSR count). The summed E-state index contributed by atoms with van der Waals surface area (Å²) in [5.74, 6) is 0.421. The first-order chi connectivity index (χ1) is 33.6. The Kier molecular flexibility index (Phi) is 16.6. The average Bonchev–Trinajstić information content (AvgIpc) is 3.78. The Bertz CT molecular complexity index is 1770. The highest BCUT2D eigenvalue weighted by Gasteiger charge is 2.68. The molecule has 0 bridgehead atoms. The number of aliphatic hydroxyl groups is 13. The maximum absolute atomic E-state index is 12.1. The maximum atomic E-state index is 12.1. The van der Waals surface area contributed by atoms with Crippen LogP contribution in [-0.4, -0.2) is 228 Å². The molecule has 0 aromatic rings. The van der Waals surface area contributed by atoms with Gasteiger partial charge in [0.1, 0.15) is 85.5 Å². The summed E-state index contributed by atoms with van der Waals surface area (Å²) in [5.41, 5.74) is 0.0142. The third-order valence-electron chi connectivity index (χ3n) is 19.3. The Hall–Kier alpha value is -0.880. The average molecular weight is 1020 g/mol. The number of aliphatic hydroxyl groups excluding tert-OH is 12. The number of ether oxygens (including phenoxy) is 9. The summed E-state index contributed by atoms with van der Waals surface area (Å²) in [6.07, 6.45) is -18.4. The number of hydrogen-bond acceptors (Lipinski definition) is 22. The van der Waals surface area contributed by atoms with Crippen molar-refractivity contribution in [3.05, 3.63) is 0 Å². The largest absolute Gasteiger partial charge is 0.394 e. The zero-order valence-corrected chi connectivity index (χ0v) is 41.2. The second-order valence-corrected chi connectivity index (χ2v) is 23.4. The van der Waals surface area contributed by atoms with Crippen molar-refractivity contribution in [2.24, 2.45) is 52.3 Å². The van der Waals surface area contributed by atoms with Gasteiger partial charge in [-0.3, -0.25) is 0 Å². The molecule has 0 aromatic carbocycles. The quantitative estimate of drug-likeness (QED) is 0.0789. The second-order valence-electron chi connectivity index (χ2n) is 23.4. The van der Waals surface area contributed by atoms with Gasteiger partial charge in [0.15, 0.2) is 30.9 Å².